The number of nitrogens with zero attached hydrogens (tertiary/aromatic N) is 1. The van der Waals surface area contributed by atoms with E-state index in [1.807, 2.05) is 19.1 Å². The highest BCUT2D eigenvalue weighted by Gasteiger charge is 2.21. The van der Waals surface area contributed by atoms with Crippen molar-refractivity contribution < 1.29 is 4.42 Å². The van der Waals surface area contributed by atoms with Crippen LogP contribution in [-0.4, -0.2) is 16.9 Å². The van der Waals surface area contributed by atoms with Gasteiger partial charge in [0.05, 0.1) is 6.26 Å². The molecule has 1 fully saturated rings. The Morgan fingerprint density at radius 2 is 2.21 bits per heavy atom. The molecule has 1 aliphatic carbocycles. The number of hydrazone groups is 1. The highest BCUT2D eigenvalue weighted by molar-refractivity contribution is 7.80. The lowest BCUT2D eigenvalue weighted by molar-refractivity contribution is 0.308. The van der Waals surface area contributed by atoms with Crippen LogP contribution in [0.25, 0.3) is 0 Å². The van der Waals surface area contributed by atoms with Gasteiger partial charge in [0.2, 0.25) is 0 Å². The van der Waals surface area contributed by atoms with Gasteiger partial charge in [0.1, 0.15) is 11.5 Å². The van der Waals surface area contributed by atoms with Crippen molar-refractivity contribution in [2.45, 2.75) is 45.6 Å². The highest BCUT2D eigenvalue weighted by Crippen LogP contribution is 2.23. The summed E-state index contributed by atoms with van der Waals surface area (Å²) >= 11 is 5.28. The van der Waals surface area contributed by atoms with Crippen LogP contribution in [0.15, 0.2) is 27.9 Å². The van der Waals surface area contributed by atoms with Crippen LogP contribution >= 0.6 is 12.2 Å². The maximum absolute atomic E-state index is 5.28. The molecule has 1 aromatic heterocycles. The first-order valence-corrected chi connectivity index (χ1v) is 7.22. The van der Waals surface area contributed by atoms with Crippen LogP contribution in [0.3, 0.4) is 0 Å². The molecule has 0 radical (unpaired) electrons. The van der Waals surface area contributed by atoms with E-state index in [0.29, 0.717) is 17.1 Å². The molecule has 19 heavy (non-hydrogen) atoms. The lowest BCUT2D eigenvalue weighted by atomic mass is 9.86. The number of hydrogen-bond donors (Lipinski definition) is 2. The average molecular weight is 279 g/mol. The van der Waals surface area contributed by atoms with Gasteiger partial charge in [-0.05, 0) is 50.0 Å². The summed E-state index contributed by atoms with van der Waals surface area (Å²) in [5.74, 6) is 1.42. The Morgan fingerprint density at radius 3 is 2.89 bits per heavy atom. The minimum Gasteiger partial charge on any atom is -0.463 e. The van der Waals surface area contributed by atoms with E-state index in [9.17, 15) is 0 Å². The fourth-order valence-electron chi connectivity index (χ4n) is 2.41. The first-order chi connectivity index (χ1) is 9.16. The quantitative estimate of drug-likeness (QED) is 0.507. The second kappa shape index (κ2) is 6.70. The van der Waals surface area contributed by atoms with Gasteiger partial charge < -0.3 is 9.73 Å². The van der Waals surface area contributed by atoms with Crippen molar-refractivity contribution in [3.63, 3.8) is 0 Å². The molecule has 2 rings (SSSR count). The van der Waals surface area contributed by atoms with Gasteiger partial charge in [0.25, 0.3) is 0 Å². The summed E-state index contributed by atoms with van der Waals surface area (Å²) in [5, 5.41) is 8.17. The molecule has 2 N–H and O–H groups in total. The molecule has 1 heterocycles. The van der Waals surface area contributed by atoms with Gasteiger partial charge in [-0.3, -0.25) is 5.43 Å². The molecular weight excluding hydrogens is 258 g/mol. The van der Waals surface area contributed by atoms with Crippen LogP contribution in [-0.2, 0) is 0 Å². The van der Waals surface area contributed by atoms with Crippen molar-refractivity contribution in [3.05, 3.63) is 24.2 Å². The third kappa shape index (κ3) is 4.06. The lowest BCUT2D eigenvalue weighted by Crippen LogP contribution is -2.44. The third-order valence-corrected chi connectivity index (χ3v) is 3.84. The molecule has 1 aromatic rings. The van der Waals surface area contributed by atoms with Crippen molar-refractivity contribution in [1.29, 1.82) is 0 Å². The van der Waals surface area contributed by atoms with E-state index in [1.165, 1.54) is 25.7 Å². The normalized spacial score (nSPS) is 24.0. The number of hydrogen-bond acceptors (Lipinski definition) is 3. The van der Waals surface area contributed by atoms with E-state index in [1.54, 1.807) is 6.26 Å². The first-order valence-electron chi connectivity index (χ1n) is 6.81. The maximum atomic E-state index is 5.28. The van der Waals surface area contributed by atoms with E-state index < -0.39 is 0 Å². The molecule has 0 spiro atoms. The summed E-state index contributed by atoms with van der Waals surface area (Å²) in [6, 6.07) is 4.18. The molecule has 0 unspecified atom stereocenters. The maximum Gasteiger partial charge on any atom is 0.187 e. The van der Waals surface area contributed by atoms with Gasteiger partial charge in [-0.25, -0.2) is 0 Å². The van der Waals surface area contributed by atoms with Gasteiger partial charge in [0, 0.05) is 6.04 Å². The molecular formula is C14H21N3OS. The Hall–Kier alpha value is -1.36. The number of thiocarbonyl (C=S) groups is 1. The number of rotatable bonds is 3. The third-order valence-electron chi connectivity index (χ3n) is 3.63. The Labute approximate surface area is 119 Å². The molecule has 0 amide bonds. The molecule has 0 aromatic carbocycles. The highest BCUT2D eigenvalue weighted by atomic mass is 32.1. The Bertz CT molecular complexity index is 442. The van der Waals surface area contributed by atoms with E-state index >= 15 is 0 Å². The Morgan fingerprint density at radius 1 is 1.42 bits per heavy atom. The van der Waals surface area contributed by atoms with E-state index in [-0.39, 0.29) is 0 Å². The van der Waals surface area contributed by atoms with Crippen molar-refractivity contribution in [2.24, 2.45) is 11.0 Å². The van der Waals surface area contributed by atoms with Crippen LogP contribution in [0.4, 0.5) is 0 Å². The average Bonchev–Trinajstić information content (AvgIpc) is 2.93. The number of furan rings is 1. The fraction of sp³-hybridized carbons (Fsp3) is 0.571. The Kier molecular flexibility index (Phi) is 4.96. The van der Waals surface area contributed by atoms with Gasteiger partial charge in [-0.2, -0.15) is 5.10 Å². The van der Waals surface area contributed by atoms with Crippen LogP contribution in [0.2, 0.25) is 0 Å². The number of nitrogens with one attached hydrogen (secondary N) is 2. The van der Waals surface area contributed by atoms with Gasteiger partial charge in [0.15, 0.2) is 5.11 Å². The van der Waals surface area contributed by atoms with Crippen LogP contribution in [0, 0.1) is 5.92 Å². The van der Waals surface area contributed by atoms with Crippen LogP contribution < -0.4 is 10.7 Å². The van der Waals surface area contributed by atoms with E-state index in [4.69, 9.17) is 16.6 Å². The largest absolute Gasteiger partial charge is 0.463 e. The monoisotopic (exact) mass is 279 g/mol. The summed E-state index contributed by atoms with van der Waals surface area (Å²) < 4.78 is 5.26. The summed E-state index contributed by atoms with van der Waals surface area (Å²) in [6.07, 6.45) is 6.70. The minimum absolute atomic E-state index is 0.466. The summed E-state index contributed by atoms with van der Waals surface area (Å²) in [4.78, 5) is 0. The molecule has 1 saturated carbocycles. The predicted molar refractivity (Wildman–Crippen MR) is 81.2 cm³/mol. The van der Waals surface area contributed by atoms with Crippen molar-refractivity contribution in [1.82, 2.24) is 10.7 Å². The zero-order valence-corrected chi connectivity index (χ0v) is 12.3. The van der Waals surface area contributed by atoms with Crippen molar-refractivity contribution in [2.75, 3.05) is 0 Å². The SMILES string of the molecule is C/C(=N/NC(=S)N[C@@H]1CCCC[C@@H]1C)c1ccco1. The van der Waals surface area contributed by atoms with E-state index in [2.05, 4.69) is 22.8 Å². The van der Waals surface area contributed by atoms with Gasteiger partial charge >= 0.3 is 0 Å². The van der Waals surface area contributed by atoms with Gasteiger partial charge in [-0.1, -0.05) is 19.8 Å². The molecule has 104 valence electrons. The predicted octanol–water partition coefficient (Wildman–Crippen LogP) is 3.05. The molecule has 2 atom stereocenters. The summed E-state index contributed by atoms with van der Waals surface area (Å²) in [6.45, 7) is 4.16. The van der Waals surface area contributed by atoms with Gasteiger partial charge in [-0.15, -0.1) is 0 Å². The molecule has 4 nitrogen and oxygen atoms in total. The smallest absolute Gasteiger partial charge is 0.187 e. The molecule has 0 saturated heterocycles. The van der Waals surface area contributed by atoms with E-state index in [0.717, 1.165) is 11.5 Å². The molecule has 0 bridgehead atoms. The molecule has 5 heteroatoms. The minimum atomic E-state index is 0.466. The zero-order chi connectivity index (χ0) is 13.7. The van der Waals surface area contributed by atoms with Crippen molar-refractivity contribution >= 4 is 23.0 Å². The summed E-state index contributed by atoms with van der Waals surface area (Å²) in [5.41, 5.74) is 3.67. The molecule has 0 aliphatic heterocycles. The topological polar surface area (TPSA) is 49.6 Å². The lowest BCUT2D eigenvalue weighted by Gasteiger charge is -2.30. The second-order valence-corrected chi connectivity index (χ2v) is 5.54. The van der Waals surface area contributed by atoms with Crippen LogP contribution in [0.1, 0.15) is 45.3 Å². The van der Waals surface area contributed by atoms with Crippen molar-refractivity contribution in [3.8, 4) is 0 Å². The second-order valence-electron chi connectivity index (χ2n) is 5.13. The standard InChI is InChI=1S/C14H21N3OS/c1-10-6-3-4-7-12(10)15-14(19)17-16-11(2)13-8-5-9-18-13/h5,8-10,12H,3-4,6-7H2,1-2H3,(H2,15,17,19)/b16-11-/t10-,12+/m0/s1. The fourth-order valence-corrected chi connectivity index (χ4v) is 2.60. The molecule has 1 aliphatic rings. The van der Waals surface area contributed by atoms with Crippen LogP contribution in [0.5, 0.6) is 0 Å². The zero-order valence-electron chi connectivity index (χ0n) is 11.5. The first kappa shape index (κ1) is 14.1. The summed E-state index contributed by atoms with van der Waals surface area (Å²) in [7, 11) is 0. The Balaban J connectivity index is 1.82.